The second kappa shape index (κ2) is 9.12. The highest BCUT2D eigenvalue weighted by Gasteiger charge is 2.37. The Hall–Kier alpha value is -5.28. The van der Waals surface area contributed by atoms with E-state index in [1.165, 1.54) is 0 Å². The molecule has 4 aromatic carbocycles. The fourth-order valence-electron chi connectivity index (χ4n) is 6.12. The number of hydrogen-bond donors (Lipinski definition) is 4. The first-order chi connectivity index (χ1) is 20.5. The minimum Gasteiger partial charge on any atom is -0.409 e. The van der Waals surface area contributed by atoms with E-state index in [1.807, 2.05) is 60.7 Å². The number of aromatic amines is 2. The minimum atomic E-state index is -0.567. The Morgan fingerprint density at radius 3 is 2.60 bits per heavy atom. The first-order valence-corrected chi connectivity index (χ1v) is 14.0. The van der Waals surface area contributed by atoms with Crippen LogP contribution in [0.4, 0.5) is 21.9 Å². The van der Waals surface area contributed by atoms with Crippen LogP contribution in [0.5, 0.6) is 5.75 Å². The van der Waals surface area contributed by atoms with Gasteiger partial charge in [-0.05, 0) is 53.4 Å². The van der Waals surface area contributed by atoms with Crippen LogP contribution in [-0.2, 0) is 0 Å². The molecule has 0 aliphatic carbocycles. The van der Waals surface area contributed by atoms with Gasteiger partial charge in [-0.3, -0.25) is 14.9 Å². The van der Waals surface area contributed by atoms with Gasteiger partial charge in [0.1, 0.15) is 17.1 Å². The molecule has 6 aromatic rings. The fourth-order valence-corrected chi connectivity index (χ4v) is 6.37. The number of ether oxygens (including phenoxy) is 1. The van der Waals surface area contributed by atoms with Gasteiger partial charge in [-0.1, -0.05) is 30.3 Å². The number of nitrogens with one attached hydrogen (secondary N) is 4. The molecule has 206 valence electrons. The van der Waals surface area contributed by atoms with E-state index in [4.69, 9.17) is 16.3 Å². The average molecular weight is 576 g/mol. The van der Waals surface area contributed by atoms with Crippen LogP contribution in [0.15, 0.2) is 78.9 Å². The van der Waals surface area contributed by atoms with E-state index in [0.717, 1.165) is 38.1 Å². The molecule has 10 heteroatoms. The van der Waals surface area contributed by atoms with Crippen molar-refractivity contribution >= 4 is 79.1 Å². The summed E-state index contributed by atoms with van der Waals surface area (Å²) in [7, 11) is 0. The van der Waals surface area contributed by atoms with Crippen LogP contribution < -0.4 is 20.3 Å². The molecular formula is C32H22ClN5O4. The number of fused-ring (bicyclic) bond motifs is 4. The Kier molecular flexibility index (Phi) is 5.32. The molecule has 4 N–H and O–H groups in total. The molecule has 42 heavy (non-hydrogen) atoms. The number of aromatic nitrogens is 2. The number of benzene rings is 4. The SMILES string of the molecule is O=C1Nc2cccc3c4c(cc(c23)O1)N(C(=O)c1cc2cc(NC(=O)c3cc5ccccc5[nH]3)ccc2[nH]1)C[C@@H]4CCl. The van der Waals surface area contributed by atoms with Crippen molar-refractivity contribution in [3.05, 3.63) is 95.8 Å². The lowest BCUT2D eigenvalue weighted by molar-refractivity contribution is 0.0982. The number of alkyl halides is 1. The monoisotopic (exact) mass is 575 g/mol. The molecule has 2 aromatic heterocycles. The topological polar surface area (TPSA) is 119 Å². The molecule has 0 spiro atoms. The smallest absolute Gasteiger partial charge is 0.409 e. The number of halogens is 1. The predicted octanol–water partition coefficient (Wildman–Crippen LogP) is 6.96. The van der Waals surface area contributed by atoms with Crippen molar-refractivity contribution in [2.45, 2.75) is 5.92 Å². The summed E-state index contributed by atoms with van der Waals surface area (Å²) in [5, 5.41) is 9.11. The van der Waals surface area contributed by atoms with Gasteiger partial charge in [0, 0.05) is 57.3 Å². The second-order valence-corrected chi connectivity index (χ2v) is 10.8. The number of hydrogen-bond acceptors (Lipinski definition) is 4. The zero-order valence-electron chi connectivity index (χ0n) is 22.0. The van der Waals surface area contributed by atoms with Crippen LogP contribution in [0, 0.1) is 0 Å². The van der Waals surface area contributed by atoms with E-state index in [-0.39, 0.29) is 17.7 Å². The van der Waals surface area contributed by atoms with Crippen LogP contribution in [-0.4, -0.2) is 40.3 Å². The third-order valence-electron chi connectivity index (χ3n) is 8.00. The van der Waals surface area contributed by atoms with Gasteiger partial charge >= 0.3 is 6.09 Å². The lowest BCUT2D eigenvalue weighted by Gasteiger charge is -2.22. The van der Waals surface area contributed by atoms with Crippen molar-refractivity contribution in [2.24, 2.45) is 0 Å². The highest BCUT2D eigenvalue weighted by molar-refractivity contribution is 6.20. The second-order valence-electron chi connectivity index (χ2n) is 10.5. The molecule has 0 radical (unpaired) electrons. The average Bonchev–Trinajstić information content (AvgIpc) is 3.71. The van der Waals surface area contributed by atoms with Gasteiger partial charge in [0.25, 0.3) is 11.8 Å². The fraction of sp³-hybridized carbons (Fsp3) is 0.0938. The van der Waals surface area contributed by atoms with Gasteiger partial charge in [-0.25, -0.2) is 4.79 Å². The van der Waals surface area contributed by atoms with E-state index in [9.17, 15) is 14.4 Å². The molecule has 0 saturated carbocycles. The molecule has 9 nitrogen and oxygen atoms in total. The van der Waals surface area contributed by atoms with Crippen molar-refractivity contribution in [2.75, 3.05) is 28.0 Å². The molecule has 3 amide bonds. The van der Waals surface area contributed by atoms with Gasteiger partial charge in [0.2, 0.25) is 0 Å². The van der Waals surface area contributed by atoms with E-state index >= 15 is 0 Å². The number of rotatable bonds is 4. The van der Waals surface area contributed by atoms with Crippen LogP contribution >= 0.6 is 11.6 Å². The lowest BCUT2D eigenvalue weighted by atomic mass is 9.94. The first kappa shape index (κ1) is 24.5. The van der Waals surface area contributed by atoms with Crippen molar-refractivity contribution in [3.8, 4) is 5.75 Å². The molecule has 8 rings (SSSR count). The van der Waals surface area contributed by atoms with Crippen LogP contribution in [0.2, 0.25) is 0 Å². The summed E-state index contributed by atoms with van der Waals surface area (Å²) in [5.41, 5.74) is 5.40. The van der Waals surface area contributed by atoms with E-state index in [0.29, 0.717) is 46.6 Å². The molecule has 1 atom stereocenters. The molecule has 0 fully saturated rings. The molecule has 2 aliphatic heterocycles. The molecule has 0 unspecified atom stereocenters. The maximum atomic E-state index is 13.9. The largest absolute Gasteiger partial charge is 0.417 e. The van der Waals surface area contributed by atoms with Crippen LogP contribution in [0.3, 0.4) is 0 Å². The summed E-state index contributed by atoms with van der Waals surface area (Å²) < 4.78 is 5.51. The van der Waals surface area contributed by atoms with Crippen molar-refractivity contribution in [3.63, 3.8) is 0 Å². The van der Waals surface area contributed by atoms with E-state index in [2.05, 4.69) is 20.6 Å². The van der Waals surface area contributed by atoms with Crippen LogP contribution in [0.1, 0.15) is 32.5 Å². The maximum absolute atomic E-state index is 13.9. The minimum absolute atomic E-state index is 0.0941. The highest BCUT2D eigenvalue weighted by atomic mass is 35.5. The third kappa shape index (κ3) is 3.74. The molecule has 0 bridgehead atoms. The van der Waals surface area contributed by atoms with Crippen molar-refractivity contribution in [1.82, 2.24) is 9.97 Å². The van der Waals surface area contributed by atoms with Gasteiger partial charge in [-0.15, -0.1) is 11.6 Å². The van der Waals surface area contributed by atoms with Crippen molar-refractivity contribution in [1.29, 1.82) is 0 Å². The molecule has 0 saturated heterocycles. The van der Waals surface area contributed by atoms with E-state index < -0.39 is 6.09 Å². The quantitative estimate of drug-likeness (QED) is 0.170. The Bertz CT molecular complexity index is 2100. The summed E-state index contributed by atoms with van der Waals surface area (Å²) in [6.07, 6.45) is -0.567. The molecule has 4 heterocycles. The predicted molar refractivity (Wildman–Crippen MR) is 163 cm³/mol. The van der Waals surface area contributed by atoms with Gasteiger partial charge in [0.15, 0.2) is 0 Å². The number of nitrogens with zero attached hydrogens (tertiary/aromatic N) is 1. The summed E-state index contributed by atoms with van der Waals surface area (Å²) in [6, 6.07) is 24.2. The molecular weight excluding hydrogens is 554 g/mol. The van der Waals surface area contributed by atoms with E-state index in [1.54, 1.807) is 23.1 Å². The Labute approximate surface area is 243 Å². The number of H-pyrrole nitrogens is 2. The number of carbonyl (C=O) groups excluding carboxylic acids is 3. The summed E-state index contributed by atoms with van der Waals surface area (Å²) in [6.45, 7) is 0.392. The Balaban J connectivity index is 1.12. The summed E-state index contributed by atoms with van der Waals surface area (Å²) in [4.78, 5) is 47.0. The summed E-state index contributed by atoms with van der Waals surface area (Å²) >= 11 is 6.41. The Morgan fingerprint density at radius 1 is 0.929 bits per heavy atom. The van der Waals surface area contributed by atoms with Crippen LogP contribution in [0.25, 0.3) is 32.6 Å². The van der Waals surface area contributed by atoms with Gasteiger partial charge < -0.3 is 24.9 Å². The summed E-state index contributed by atoms with van der Waals surface area (Å²) in [5.74, 6) is 0.154. The van der Waals surface area contributed by atoms with Gasteiger partial charge in [-0.2, -0.15) is 0 Å². The zero-order chi connectivity index (χ0) is 28.5. The lowest BCUT2D eigenvalue weighted by Crippen LogP contribution is -2.30. The first-order valence-electron chi connectivity index (χ1n) is 13.4. The number of carbonyl (C=O) groups is 3. The number of para-hydroxylation sites is 1. The normalized spacial score (nSPS) is 15.6. The standard InChI is InChI=1S/C32H22ClN5O4/c33-14-18-15-38(26-13-27-29-20(28(18)26)5-3-7-23(29)37-32(41)42-27)31(40)25-12-17-10-19(8-9-22(17)36-25)34-30(39)24-11-16-4-1-2-6-21(16)35-24/h1-13,18,35-36H,14-15H2,(H,34,39)(H,37,41)/t18-/m0/s1. The third-order valence-corrected chi connectivity index (χ3v) is 8.37. The van der Waals surface area contributed by atoms with Gasteiger partial charge in [0.05, 0.1) is 11.4 Å². The molecule has 2 aliphatic rings. The zero-order valence-corrected chi connectivity index (χ0v) is 22.7. The Morgan fingerprint density at radius 2 is 1.74 bits per heavy atom. The maximum Gasteiger partial charge on any atom is 0.417 e. The van der Waals surface area contributed by atoms with Crippen molar-refractivity contribution < 1.29 is 19.1 Å². The number of anilines is 3. The number of amides is 3. The highest BCUT2D eigenvalue weighted by Crippen LogP contribution is 2.49.